The molecule has 2 aliphatic heterocycles. The molecular weight excluding hydrogens is 675 g/mol. The van der Waals surface area contributed by atoms with Gasteiger partial charge < -0.3 is 24.6 Å². The summed E-state index contributed by atoms with van der Waals surface area (Å²) in [6, 6.07) is 7.88. The molecule has 1 aromatic carbocycles. The fourth-order valence-electron chi connectivity index (χ4n) is 7.03. The van der Waals surface area contributed by atoms with Crippen LogP contribution < -0.4 is 19.5 Å². The van der Waals surface area contributed by atoms with Gasteiger partial charge in [-0.1, -0.05) is 18.2 Å². The van der Waals surface area contributed by atoms with Crippen LogP contribution in [0.4, 0.5) is 4.79 Å². The van der Waals surface area contributed by atoms with Gasteiger partial charge in [0.25, 0.3) is 5.91 Å². The number of carbonyl (C=O) groups excluding carboxylic acids is 3. The Balaban J connectivity index is 1.21. The molecule has 4 unspecified atom stereocenters. The number of hydrogen-bond acceptors (Lipinski definition) is 10. The lowest BCUT2D eigenvalue weighted by molar-refractivity contribution is -0.131. The average Bonchev–Trinajstić information content (AvgIpc) is 4.03. The topological polar surface area (TPSA) is 173 Å². The third-order valence-electron chi connectivity index (χ3n) is 10.2. The highest BCUT2D eigenvalue weighted by Crippen LogP contribution is 2.46. The maximum absolute atomic E-state index is 14.2. The number of carbonyl (C=O) groups is 3. The number of pyridine rings is 1. The summed E-state index contributed by atoms with van der Waals surface area (Å²) in [6.07, 6.45) is 6.86. The van der Waals surface area contributed by atoms with Gasteiger partial charge in [0.1, 0.15) is 29.1 Å². The van der Waals surface area contributed by atoms with Crippen LogP contribution in [0.3, 0.4) is 0 Å². The monoisotopic (exact) mass is 717 g/mol. The van der Waals surface area contributed by atoms with Gasteiger partial charge in [0, 0.05) is 37.2 Å². The van der Waals surface area contributed by atoms with E-state index in [2.05, 4.69) is 15.0 Å². The number of fused-ring (bicyclic) bond motifs is 3. The van der Waals surface area contributed by atoms with Crippen LogP contribution in [0.25, 0.3) is 22.4 Å². The summed E-state index contributed by atoms with van der Waals surface area (Å²) in [7, 11) is -0.550. The molecule has 2 N–H and O–H groups in total. The van der Waals surface area contributed by atoms with E-state index >= 15 is 0 Å². The molecule has 4 amide bonds. The first-order valence-corrected chi connectivity index (χ1v) is 19.0. The predicted molar refractivity (Wildman–Crippen MR) is 188 cm³/mol. The molecule has 2 aromatic heterocycles. The van der Waals surface area contributed by atoms with Crippen molar-refractivity contribution >= 4 is 38.8 Å². The van der Waals surface area contributed by atoms with Gasteiger partial charge in [0.2, 0.25) is 21.8 Å². The summed E-state index contributed by atoms with van der Waals surface area (Å²) in [4.78, 5) is 59.0. The second-order valence-electron chi connectivity index (χ2n) is 14.0. The number of urea groups is 1. The molecule has 4 atom stereocenters. The fraction of sp³-hybridized carbons (Fsp3) is 0.500. The Morgan fingerprint density at radius 2 is 1.88 bits per heavy atom. The van der Waals surface area contributed by atoms with Gasteiger partial charge in [-0.25, -0.2) is 23.2 Å². The van der Waals surface area contributed by atoms with Crippen molar-refractivity contribution in [2.45, 2.75) is 81.7 Å². The van der Waals surface area contributed by atoms with Gasteiger partial charge in [-0.3, -0.25) is 14.3 Å². The van der Waals surface area contributed by atoms with Gasteiger partial charge in [-0.05, 0) is 76.6 Å². The zero-order valence-electron chi connectivity index (χ0n) is 29.2. The first-order chi connectivity index (χ1) is 24.4. The van der Waals surface area contributed by atoms with Crippen LogP contribution in [-0.2, 0) is 19.6 Å². The number of nitrogens with one attached hydrogen (secondary N) is 2. The highest BCUT2D eigenvalue weighted by molar-refractivity contribution is 7.91. The largest absolute Gasteiger partial charge is 0.496 e. The SMILES string of the molecule is COc1ccc2c(OC3CC4C(=O)NC5(C(=O)NS(=O)(=O)C6CC6)CC5C=CCCCCN(C)C(=O)N4C3)nc(-c3cccc(C)n3)nc2c1C. The van der Waals surface area contributed by atoms with E-state index in [-0.39, 0.29) is 37.2 Å². The minimum absolute atomic E-state index is 0.0819. The second kappa shape index (κ2) is 13.4. The summed E-state index contributed by atoms with van der Waals surface area (Å²) in [6.45, 7) is 4.37. The van der Waals surface area contributed by atoms with Gasteiger partial charge >= 0.3 is 6.03 Å². The minimum Gasteiger partial charge on any atom is -0.496 e. The molecule has 0 radical (unpaired) electrons. The molecule has 270 valence electrons. The van der Waals surface area contributed by atoms with Crippen LogP contribution in [0.15, 0.2) is 42.5 Å². The van der Waals surface area contributed by atoms with Crippen LogP contribution >= 0.6 is 0 Å². The molecule has 14 nitrogen and oxygen atoms in total. The van der Waals surface area contributed by atoms with E-state index in [9.17, 15) is 22.8 Å². The number of methoxy groups -OCH3 is 1. The van der Waals surface area contributed by atoms with E-state index in [1.807, 2.05) is 56.3 Å². The summed E-state index contributed by atoms with van der Waals surface area (Å²) in [5, 5.41) is 2.93. The molecule has 3 fully saturated rings. The first-order valence-electron chi connectivity index (χ1n) is 17.4. The first kappa shape index (κ1) is 34.6. The Hall–Kier alpha value is -4.79. The zero-order chi connectivity index (χ0) is 36.1. The fourth-order valence-corrected chi connectivity index (χ4v) is 8.40. The van der Waals surface area contributed by atoms with E-state index < -0.39 is 44.8 Å². The van der Waals surface area contributed by atoms with Crippen LogP contribution in [0.2, 0.25) is 0 Å². The van der Waals surface area contributed by atoms with E-state index in [1.54, 1.807) is 19.1 Å². The minimum atomic E-state index is -3.84. The standard InChI is InChI=1S/C36H43N7O7S/c1-21-10-9-12-27(37-21)31-38-30-22(2)29(49-4)16-15-26(30)33(39-31)50-24-18-28-32(44)40-36(34(45)41-51(47,48)25-13-14-25)19-23(36)11-7-5-6-8-17-42(3)35(46)43(28)20-24/h7,9-12,15-16,23-25,28H,5-6,8,13-14,17-20H2,1-4H3,(H,40,44)(H,41,45). The molecule has 51 heavy (non-hydrogen) atoms. The molecule has 15 heteroatoms. The number of hydrogen-bond donors (Lipinski definition) is 2. The van der Waals surface area contributed by atoms with Crippen molar-refractivity contribution in [2.75, 3.05) is 27.2 Å². The maximum Gasteiger partial charge on any atom is 0.320 e. The third kappa shape index (κ3) is 6.83. The average molecular weight is 718 g/mol. The number of nitrogens with zero attached hydrogens (tertiary/aromatic N) is 5. The van der Waals surface area contributed by atoms with Crippen molar-refractivity contribution in [1.29, 1.82) is 0 Å². The van der Waals surface area contributed by atoms with Crippen LogP contribution in [0.5, 0.6) is 11.6 Å². The number of rotatable bonds is 7. The molecule has 4 aliphatic rings. The van der Waals surface area contributed by atoms with E-state index in [0.717, 1.165) is 30.5 Å². The lowest BCUT2D eigenvalue weighted by Gasteiger charge is -2.30. The molecule has 0 bridgehead atoms. The number of amides is 4. The molecule has 4 heterocycles. The normalized spacial score (nSPS) is 25.5. The maximum atomic E-state index is 14.2. The summed E-state index contributed by atoms with van der Waals surface area (Å²) >= 11 is 0. The van der Waals surface area contributed by atoms with E-state index in [1.165, 1.54) is 4.90 Å². The van der Waals surface area contributed by atoms with E-state index in [0.29, 0.717) is 47.6 Å². The molecule has 3 aromatic rings. The van der Waals surface area contributed by atoms with Gasteiger partial charge in [-0.15, -0.1) is 0 Å². The Morgan fingerprint density at radius 1 is 1.08 bits per heavy atom. The van der Waals surface area contributed by atoms with Gasteiger partial charge in [0.15, 0.2) is 5.82 Å². The number of allylic oxidation sites excluding steroid dienone is 1. The van der Waals surface area contributed by atoms with Crippen molar-refractivity contribution < 1.29 is 32.3 Å². The summed E-state index contributed by atoms with van der Waals surface area (Å²) < 4.78 is 39.9. The van der Waals surface area contributed by atoms with Crippen molar-refractivity contribution in [3.05, 3.63) is 53.7 Å². The number of sulfonamides is 1. The Bertz CT molecular complexity index is 2040. The number of aromatic nitrogens is 3. The molecule has 1 saturated heterocycles. The Kier molecular flexibility index (Phi) is 9.10. The zero-order valence-corrected chi connectivity index (χ0v) is 30.0. The van der Waals surface area contributed by atoms with Crippen molar-refractivity contribution in [1.82, 2.24) is 34.8 Å². The highest BCUT2D eigenvalue weighted by Gasteiger charge is 2.62. The predicted octanol–water partition coefficient (Wildman–Crippen LogP) is 3.41. The van der Waals surface area contributed by atoms with Crippen LogP contribution in [-0.4, -0.2) is 101 Å². The van der Waals surface area contributed by atoms with Crippen molar-refractivity contribution in [3.8, 4) is 23.1 Å². The van der Waals surface area contributed by atoms with Gasteiger partial charge in [0.05, 0.1) is 29.8 Å². The quantitative estimate of drug-likeness (QED) is 0.345. The summed E-state index contributed by atoms with van der Waals surface area (Å²) in [5.74, 6) is -0.401. The van der Waals surface area contributed by atoms with Gasteiger partial charge in [-0.2, -0.15) is 4.98 Å². The van der Waals surface area contributed by atoms with E-state index in [4.69, 9.17) is 19.4 Å². The smallest absolute Gasteiger partial charge is 0.320 e. The Labute approximate surface area is 297 Å². The number of ether oxygens (including phenoxy) is 2. The number of benzene rings is 1. The van der Waals surface area contributed by atoms with Crippen molar-refractivity contribution in [3.63, 3.8) is 0 Å². The van der Waals surface area contributed by atoms with Crippen molar-refractivity contribution in [2.24, 2.45) is 5.92 Å². The lowest BCUT2D eigenvalue weighted by atomic mass is 10.1. The molecular formula is C36H43N7O7S. The second-order valence-corrected chi connectivity index (χ2v) is 16.0. The molecule has 0 spiro atoms. The van der Waals surface area contributed by atoms with Crippen LogP contribution in [0.1, 0.15) is 56.2 Å². The Morgan fingerprint density at radius 3 is 2.63 bits per heavy atom. The molecule has 2 saturated carbocycles. The third-order valence-corrected chi connectivity index (χ3v) is 12.1. The summed E-state index contributed by atoms with van der Waals surface area (Å²) in [5.41, 5.74) is 1.32. The highest BCUT2D eigenvalue weighted by atomic mass is 32.2. The lowest BCUT2D eigenvalue weighted by Crippen LogP contribution is -2.57. The molecule has 7 rings (SSSR count). The van der Waals surface area contributed by atoms with Crippen LogP contribution in [0, 0.1) is 19.8 Å². The molecule has 2 aliphatic carbocycles. The number of aryl methyl sites for hydroxylation is 2.